The maximum absolute atomic E-state index is 12.2. The molecule has 2 aliphatic heterocycles. The van der Waals surface area contributed by atoms with Gasteiger partial charge in [0.05, 0.1) is 0 Å². The molecule has 3 saturated carbocycles. The number of allylic oxidation sites excluding steroid dienone is 11. The Kier molecular flexibility index (Phi) is 11.8. The van der Waals surface area contributed by atoms with E-state index in [2.05, 4.69) is 102 Å². The fourth-order valence-corrected chi connectivity index (χ4v) is 14.3. The minimum atomic E-state index is -0.255. The highest BCUT2D eigenvalue weighted by Crippen LogP contribution is 2.70. The number of fused-ring (bicyclic) bond motifs is 12. The van der Waals surface area contributed by atoms with Gasteiger partial charge in [-0.1, -0.05) is 74.8 Å². The molecular formula is C47H59I3O6. The summed E-state index contributed by atoms with van der Waals surface area (Å²) in [4.78, 5) is 48.0. The Hall–Kier alpha value is -1.09. The lowest BCUT2D eigenvalue weighted by Gasteiger charge is -2.57. The third-order valence-corrected chi connectivity index (χ3v) is 17.6. The SMILES string of the molecule is C=CC[C@@H]1CC2=CC(=O)CC[C@]2(C)C2=CC[C@@]3(C)[C@@H](CC[C@@]34CCC(=O)O4)[C@@H]21.C[C@]12CCC(=O)C=C1C=C[C@@H]1C2=CC[C@@]2(C)[C@H]1CC[C@@]21CCC(=O)O1.I.II. The fourth-order valence-electron chi connectivity index (χ4n) is 14.3. The molecule has 0 aromatic rings. The van der Waals surface area contributed by atoms with Crippen LogP contribution in [-0.2, 0) is 28.7 Å². The Morgan fingerprint density at radius 1 is 0.732 bits per heavy atom. The minimum absolute atomic E-state index is 0. The summed E-state index contributed by atoms with van der Waals surface area (Å²) in [6.45, 7) is 13.5. The van der Waals surface area contributed by atoms with Gasteiger partial charge in [0.2, 0.25) is 0 Å². The number of halogens is 3. The lowest BCUT2D eigenvalue weighted by molar-refractivity contribution is -0.161. The Bertz CT molecular complexity index is 1870. The molecule has 2 saturated heterocycles. The molecule has 5 fully saturated rings. The second-order valence-electron chi connectivity index (χ2n) is 19.6. The maximum atomic E-state index is 12.2. The van der Waals surface area contributed by atoms with Crippen molar-refractivity contribution < 1.29 is 28.7 Å². The number of hydrogen-bond acceptors (Lipinski definition) is 6. The van der Waals surface area contributed by atoms with Crippen LogP contribution >= 0.6 is 61.2 Å². The van der Waals surface area contributed by atoms with Gasteiger partial charge in [-0.05, 0) is 118 Å². The zero-order valence-electron chi connectivity index (χ0n) is 33.6. The van der Waals surface area contributed by atoms with E-state index in [0.29, 0.717) is 61.1 Å². The first-order valence-corrected chi connectivity index (χ1v) is 27.3. The summed E-state index contributed by atoms with van der Waals surface area (Å²) >= 11 is 4.24. The highest BCUT2D eigenvalue weighted by atomic mass is 128. The molecule has 0 amide bonds. The molecule has 8 aliphatic carbocycles. The topological polar surface area (TPSA) is 86.7 Å². The van der Waals surface area contributed by atoms with Crippen LogP contribution in [0.15, 0.2) is 71.4 Å². The summed E-state index contributed by atoms with van der Waals surface area (Å²) in [5.74, 6) is 3.07. The number of carbonyl (C=O) groups is 4. The van der Waals surface area contributed by atoms with Crippen LogP contribution in [0.4, 0.5) is 0 Å². The average molecular weight is 1100 g/mol. The zero-order valence-corrected chi connectivity index (χ0v) is 40.2. The molecule has 0 N–H and O–H groups in total. The molecule has 0 radical (unpaired) electrons. The van der Waals surface area contributed by atoms with Crippen molar-refractivity contribution in [1.82, 2.24) is 0 Å². The van der Waals surface area contributed by atoms with Crippen molar-refractivity contribution >= 4 is 84.7 Å². The van der Waals surface area contributed by atoms with E-state index in [4.69, 9.17) is 9.47 Å². The van der Waals surface area contributed by atoms with Crippen LogP contribution in [0, 0.1) is 51.2 Å². The van der Waals surface area contributed by atoms with Gasteiger partial charge in [-0.15, -0.1) is 30.6 Å². The van der Waals surface area contributed by atoms with Crippen molar-refractivity contribution in [2.75, 3.05) is 0 Å². The number of hydrogen-bond donors (Lipinski definition) is 0. The second-order valence-corrected chi connectivity index (χ2v) is 19.6. The van der Waals surface area contributed by atoms with Crippen molar-refractivity contribution in [3.8, 4) is 0 Å². The molecular weight excluding hydrogens is 1040 g/mol. The molecule has 11 atom stereocenters. The van der Waals surface area contributed by atoms with Crippen LogP contribution in [0.3, 0.4) is 0 Å². The van der Waals surface area contributed by atoms with Crippen molar-refractivity contribution in [2.24, 2.45) is 51.2 Å². The maximum Gasteiger partial charge on any atom is 0.306 e. The van der Waals surface area contributed by atoms with Crippen LogP contribution in [0.1, 0.15) is 130 Å². The summed E-state index contributed by atoms with van der Waals surface area (Å²) in [7, 11) is 0. The molecule has 2 heterocycles. The van der Waals surface area contributed by atoms with Crippen molar-refractivity contribution in [3.63, 3.8) is 0 Å². The van der Waals surface area contributed by atoms with E-state index in [1.165, 1.54) is 16.7 Å². The van der Waals surface area contributed by atoms with Crippen LogP contribution in [0.25, 0.3) is 0 Å². The fraction of sp³-hybridized carbons (Fsp3) is 0.660. The van der Waals surface area contributed by atoms with E-state index in [-0.39, 0.29) is 74.6 Å². The van der Waals surface area contributed by atoms with Crippen molar-refractivity contribution in [1.29, 1.82) is 0 Å². The first-order valence-electron chi connectivity index (χ1n) is 21.0. The van der Waals surface area contributed by atoms with Gasteiger partial charge >= 0.3 is 11.9 Å². The monoisotopic (exact) mass is 1100 g/mol. The number of ketones is 2. The van der Waals surface area contributed by atoms with Gasteiger partial charge in [0.25, 0.3) is 0 Å². The van der Waals surface area contributed by atoms with Gasteiger partial charge in [-0.3, -0.25) is 19.2 Å². The third kappa shape index (κ3) is 6.26. The smallest absolute Gasteiger partial charge is 0.306 e. The van der Waals surface area contributed by atoms with Crippen LogP contribution in [-0.4, -0.2) is 34.7 Å². The van der Waals surface area contributed by atoms with Gasteiger partial charge in [0.1, 0.15) is 11.2 Å². The first-order chi connectivity index (χ1) is 26.2. The van der Waals surface area contributed by atoms with E-state index in [9.17, 15) is 19.2 Å². The lowest BCUT2D eigenvalue weighted by Crippen LogP contribution is -2.52. The Balaban J connectivity index is 0.000000163. The van der Waals surface area contributed by atoms with E-state index < -0.39 is 0 Å². The standard InChI is InChI=1S/C25H32O3.C22H26O3.I2.HI/c1-4-5-16-14-17-15-18(26)6-10-23(17,2)19-7-11-24(3)20(22(16)19)8-12-25(24)13-9-21(27)28-25;1-20-9-5-15(23)13-14(20)3-4-16-17(20)6-10-21(2)18(16)7-11-22(21)12-8-19(24)25-22;1-2;/h4,7,15-16,20,22H,1,5-6,8-14H2,2-3H3;3-4,6,13,16,18H,5,7-12H2,1-2H3;;1H/t16-,20+,22-,23+,24+,25-;16-,18+,20+,21+,22-;;/m11../s1. The number of rotatable bonds is 2. The minimum Gasteiger partial charge on any atom is -0.458 e. The third-order valence-electron chi connectivity index (χ3n) is 17.6. The quantitative estimate of drug-likeness (QED) is 0.156. The Morgan fingerprint density at radius 3 is 1.88 bits per heavy atom. The molecule has 0 aromatic heterocycles. The molecule has 304 valence electrons. The molecule has 0 unspecified atom stereocenters. The molecule has 6 nitrogen and oxygen atoms in total. The second kappa shape index (κ2) is 15.4. The van der Waals surface area contributed by atoms with Gasteiger partial charge in [0, 0.05) is 90.5 Å². The Labute approximate surface area is 374 Å². The molecule has 0 bridgehead atoms. The molecule has 10 rings (SSSR count). The first kappa shape index (κ1) is 43.0. The highest BCUT2D eigenvalue weighted by Gasteiger charge is 2.67. The van der Waals surface area contributed by atoms with Gasteiger partial charge in [0.15, 0.2) is 11.6 Å². The molecule has 9 heteroatoms. The molecule has 2 spiro atoms. The molecule has 0 aromatic carbocycles. The molecule has 56 heavy (non-hydrogen) atoms. The normalized spacial score (nSPS) is 44.9. The van der Waals surface area contributed by atoms with Gasteiger partial charge < -0.3 is 9.47 Å². The van der Waals surface area contributed by atoms with Gasteiger partial charge in [-0.2, -0.15) is 0 Å². The van der Waals surface area contributed by atoms with Crippen LogP contribution in [0.5, 0.6) is 0 Å². The van der Waals surface area contributed by atoms with Gasteiger partial charge in [-0.25, -0.2) is 0 Å². The number of ether oxygens (including phenoxy) is 2. The van der Waals surface area contributed by atoms with Crippen LogP contribution < -0.4 is 0 Å². The largest absolute Gasteiger partial charge is 0.458 e. The molecule has 10 aliphatic rings. The van der Waals surface area contributed by atoms with E-state index >= 15 is 0 Å². The Morgan fingerprint density at radius 2 is 1.29 bits per heavy atom. The zero-order chi connectivity index (χ0) is 39.2. The predicted molar refractivity (Wildman–Crippen MR) is 247 cm³/mol. The summed E-state index contributed by atoms with van der Waals surface area (Å²) < 4.78 is 12.0. The van der Waals surface area contributed by atoms with E-state index in [0.717, 1.165) is 77.0 Å². The average Bonchev–Trinajstić information content (AvgIpc) is 3.90. The lowest BCUT2D eigenvalue weighted by atomic mass is 9.48. The highest BCUT2D eigenvalue weighted by molar-refractivity contribution is 15.0. The van der Waals surface area contributed by atoms with Crippen LogP contribution in [0.2, 0.25) is 0 Å². The number of esters is 2. The summed E-state index contributed by atoms with van der Waals surface area (Å²) in [5.41, 5.74) is 5.26. The van der Waals surface area contributed by atoms with Crippen molar-refractivity contribution in [2.45, 2.75) is 142 Å². The summed E-state index contributed by atoms with van der Waals surface area (Å²) in [6.07, 6.45) is 29.7. The van der Waals surface area contributed by atoms with E-state index in [1.54, 1.807) is 5.57 Å². The predicted octanol–water partition coefficient (Wildman–Crippen LogP) is 12.0. The summed E-state index contributed by atoms with van der Waals surface area (Å²) in [6, 6.07) is 0. The van der Waals surface area contributed by atoms with E-state index in [1.807, 2.05) is 12.2 Å². The van der Waals surface area contributed by atoms with Crippen molar-refractivity contribution in [3.05, 3.63) is 71.4 Å². The summed E-state index contributed by atoms with van der Waals surface area (Å²) in [5, 5.41) is 0. The number of carbonyl (C=O) groups excluding carboxylic acids is 4.